The minimum Gasteiger partial charge on any atom is -0.550 e. The number of hydrogen-bond donors (Lipinski definition) is 2. The molecule has 0 aliphatic heterocycles. The van der Waals surface area contributed by atoms with Gasteiger partial charge in [-0.15, -0.1) is 0 Å². The Morgan fingerprint density at radius 1 is 0.545 bits per heavy atom. The van der Waals surface area contributed by atoms with Crippen molar-refractivity contribution in [3.63, 3.8) is 0 Å². The van der Waals surface area contributed by atoms with Crippen LogP contribution in [0.2, 0.25) is 8.87 Å². The quantitative estimate of drug-likeness (QED) is 0.0467. The molecule has 0 saturated heterocycles. The Morgan fingerprint density at radius 3 is 1.07 bits per heavy atom. The van der Waals surface area contributed by atoms with Gasteiger partial charge in [0.1, 0.15) is 13.2 Å². The molecule has 256 valence electrons. The second-order valence-corrected chi connectivity index (χ2v) is 18.9. The van der Waals surface area contributed by atoms with E-state index in [1.54, 1.807) is 0 Å². The van der Waals surface area contributed by atoms with E-state index >= 15 is 0 Å². The zero-order chi connectivity index (χ0) is 34.1. The molecule has 44 heavy (non-hydrogen) atoms. The van der Waals surface area contributed by atoms with Crippen molar-refractivity contribution < 1.29 is 38.9 Å². The topological polar surface area (TPSA) is 133 Å². The monoisotopic (exact) mass is 912 g/mol. The smallest absolute Gasteiger partial charge is 0.305 e. The number of hydrogen-bond acceptors (Lipinski definition) is 12. The molecule has 0 heterocycles. The van der Waals surface area contributed by atoms with Gasteiger partial charge in [0, 0.05) is 36.3 Å². The van der Waals surface area contributed by atoms with E-state index in [-0.39, 0.29) is 63.2 Å². The molecule has 0 aromatic heterocycles. The van der Waals surface area contributed by atoms with E-state index in [9.17, 15) is 29.4 Å². The number of ether oxygens (including phenoxy) is 2. The molecule has 0 aromatic carbocycles. The molecular formula is C30H56O8S4Sn2. The summed E-state index contributed by atoms with van der Waals surface area (Å²) in [6.07, 6.45) is 15.0. The van der Waals surface area contributed by atoms with Crippen molar-refractivity contribution in [3.8, 4) is 0 Å². The largest absolute Gasteiger partial charge is 0.550 e. The molecule has 0 N–H and O–H groups in total. The van der Waals surface area contributed by atoms with E-state index < -0.39 is 11.9 Å². The number of esters is 2. The predicted molar refractivity (Wildman–Crippen MR) is 190 cm³/mol. The first kappa shape index (κ1) is 51.5. The van der Waals surface area contributed by atoms with Crippen molar-refractivity contribution in [2.45, 2.75) is 138 Å². The van der Waals surface area contributed by atoms with Crippen molar-refractivity contribution in [2.24, 2.45) is 0 Å². The zero-order valence-corrected chi connectivity index (χ0v) is 36.1. The van der Waals surface area contributed by atoms with E-state index in [0.717, 1.165) is 51.4 Å². The molecule has 0 radical (unpaired) electrons. The Balaban J connectivity index is -0.000000267. The molecule has 0 saturated carbocycles. The third-order valence-corrected chi connectivity index (χ3v) is 11.8. The second-order valence-electron chi connectivity index (χ2n) is 9.66. The molecule has 0 unspecified atom stereocenters. The first-order chi connectivity index (χ1) is 21.2. The SMILES string of the molecule is CCC[CH2][Sn+]=[S].CCC[CH2][Sn+]=[S].O=C([O-])CCCCCCCC(=O)OCCS.O=C([O-])CCCCCCCC(=O)OCCS. The molecule has 0 bridgehead atoms. The van der Waals surface area contributed by atoms with Crippen LogP contribution in [0.1, 0.15) is 129 Å². The maximum atomic E-state index is 11.0. The zero-order valence-electron chi connectivity index (χ0n) is 26.9. The van der Waals surface area contributed by atoms with Gasteiger partial charge >= 0.3 is 117 Å². The van der Waals surface area contributed by atoms with Crippen LogP contribution in [0.4, 0.5) is 0 Å². The maximum Gasteiger partial charge on any atom is 0.305 e. The standard InChI is InChI=1S/2C11H20O4S.2C4H9.2S.2Sn/c2*12-10(13)6-4-2-1-3-5-7-11(14)15-8-9-16;2*1-3-4-2;;;;/h2*16H,1-9H2,(H,12,13);2*1,3-4H2,2H3;;;;/q;;;;;;2*+1/p-2. The van der Waals surface area contributed by atoms with Gasteiger partial charge < -0.3 is 29.3 Å². The summed E-state index contributed by atoms with van der Waals surface area (Å²) in [5.41, 5.74) is 0. The average molecular weight is 910 g/mol. The number of aliphatic carboxylic acids is 2. The number of carboxylic acid groups (broad SMARTS) is 2. The molecule has 14 heteroatoms. The van der Waals surface area contributed by atoms with E-state index in [4.69, 9.17) is 28.1 Å². The minimum absolute atomic E-state index is 0.129. The number of rotatable bonds is 26. The van der Waals surface area contributed by atoms with Gasteiger partial charge in [0.25, 0.3) is 0 Å². The van der Waals surface area contributed by atoms with Crippen molar-refractivity contribution >= 4 is 106 Å². The Hall–Kier alpha value is 0.617. The van der Waals surface area contributed by atoms with Gasteiger partial charge in [-0.2, -0.15) is 25.3 Å². The van der Waals surface area contributed by atoms with Crippen LogP contribution < -0.4 is 10.2 Å². The molecule has 0 atom stereocenters. The van der Waals surface area contributed by atoms with Crippen LogP contribution in [0.5, 0.6) is 0 Å². The van der Waals surface area contributed by atoms with E-state index in [0.29, 0.717) is 50.4 Å². The van der Waals surface area contributed by atoms with Crippen molar-refractivity contribution in [3.05, 3.63) is 0 Å². The first-order valence-corrected chi connectivity index (χ1v) is 28.9. The fourth-order valence-electron chi connectivity index (χ4n) is 3.10. The van der Waals surface area contributed by atoms with Crippen LogP contribution in [-0.2, 0) is 28.7 Å². The van der Waals surface area contributed by atoms with Crippen LogP contribution in [-0.4, -0.2) is 87.0 Å². The molecule has 0 rings (SSSR count). The maximum absolute atomic E-state index is 11.0. The number of thiol groups is 2. The summed E-state index contributed by atoms with van der Waals surface area (Å²) in [5.74, 6) is -1.23. The van der Waals surface area contributed by atoms with Crippen molar-refractivity contribution in [2.75, 3.05) is 24.7 Å². The predicted octanol–water partition coefficient (Wildman–Crippen LogP) is 5.92. The molecular weight excluding hydrogens is 854 g/mol. The molecule has 0 aromatic rings. The van der Waals surface area contributed by atoms with Gasteiger partial charge in [0.05, 0.1) is 0 Å². The third-order valence-electron chi connectivity index (χ3n) is 5.50. The van der Waals surface area contributed by atoms with E-state index in [1.807, 2.05) is 0 Å². The average Bonchev–Trinajstić information content (AvgIpc) is 3.00. The number of carbonyl (C=O) groups is 4. The Kier molecular flexibility index (Phi) is 56.2. The summed E-state index contributed by atoms with van der Waals surface area (Å²) in [5, 5.41) is 20.2. The van der Waals surface area contributed by atoms with E-state index in [1.165, 1.54) is 34.6 Å². The summed E-state index contributed by atoms with van der Waals surface area (Å²) >= 11 is 7.40. The van der Waals surface area contributed by atoms with Crippen molar-refractivity contribution in [1.82, 2.24) is 0 Å². The van der Waals surface area contributed by atoms with Gasteiger partial charge in [0.15, 0.2) is 0 Å². The second kappa shape index (κ2) is 48.0. The summed E-state index contributed by atoms with van der Waals surface area (Å²) in [7, 11) is 9.77. The van der Waals surface area contributed by atoms with Gasteiger partial charge in [-0.1, -0.05) is 38.5 Å². The normalized spacial score (nSPS) is 9.36. The van der Waals surface area contributed by atoms with E-state index in [2.05, 4.69) is 39.1 Å². The minimum atomic E-state index is -0.990. The fraction of sp³-hybridized carbons (Fsp3) is 0.867. The van der Waals surface area contributed by atoms with Gasteiger partial charge in [0.2, 0.25) is 0 Å². The number of carboxylic acids is 2. The Labute approximate surface area is 305 Å². The summed E-state index contributed by atoms with van der Waals surface area (Å²) in [4.78, 5) is 42.3. The Morgan fingerprint density at radius 2 is 0.841 bits per heavy atom. The van der Waals surface area contributed by atoms with Crippen LogP contribution in [0, 0.1) is 0 Å². The number of carbonyl (C=O) groups excluding carboxylic acids is 4. The molecule has 8 nitrogen and oxygen atoms in total. The molecule has 0 amide bonds. The fourth-order valence-corrected chi connectivity index (χ4v) is 8.06. The van der Waals surface area contributed by atoms with Crippen LogP contribution >= 0.6 is 43.8 Å². The van der Waals surface area contributed by atoms with Crippen LogP contribution in [0.3, 0.4) is 0 Å². The van der Waals surface area contributed by atoms with Gasteiger partial charge in [-0.25, -0.2) is 0 Å². The van der Waals surface area contributed by atoms with Gasteiger partial charge in [-0.05, 0) is 38.5 Å². The summed E-state index contributed by atoms with van der Waals surface area (Å²) < 4.78 is 12.5. The molecule has 0 aliphatic rings. The Bertz CT molecular complexity index is 633. The summed E-state index contributed by atoms with van der Waals surface area (Å²) in [6.45, 7) is 5.16. The third kappa shape index (κ3) is 61.6. The van der Waals surface area contributed by atoms with Crippen molar-refractivity contribution in [1.29, 1.82) is 0 Å². The first-order valence-electron chi connectivity index (χ1n) is 15.8. The molecule has 0 fully saturated rings. The molecule has 0 spiro atoms. The van der Waals surface area contributed by atoms with Crippen LogP contribution in [0.15, 0.2) is 0 Å². The van der Waals surface area contributed by atoms with Crippen LogP contribution in [0.25, 0.3) is 0 Å². The molecule has 0 aliphatic carbocycles. The summed E-state index contributed by atoms with van der Waals surface area (Å²) in [6, 6.07) is 0. The van der Waals surface area contributed by atoms with Gasteiger partial charge in [-0.3, -0.25) is 9.59 Å². The number of unbranched alkanes of at least 4 members (excludes halogenated alkanes) is 10.